The van der Waals surface area contributed by atoms with Crippen molar-refractivity contribution in [1.29, 1.82) is 0 Å². The van der Waals surface area contributed by atoms with Crippen molar-refractivity contribution in [3.8, 4) is 0 Å². The molecule has 1 aromatic carbocycles. The summed E-state index contributed by atoms with van der Waals surface area (Å²) < 4.78 is 85.4. The molecule has 30 nitrogen and oxygen atoms in total. The summed E-state index contributed by atoms with van der Waals surface area (Å²) in [6.45, 7) is 28.6. The van der Waals surface area contributed by atoms with Crippen molar-refractivity contribution < 1.29 is 148 Å². The average molecular weight is 1850 g/mol. The zero-order chi connectivity index (χ0) is 92.0. The molecule has 0 aromatic heterocycles. The van der Waals surface area contributed by atoms with Crippen LogP contribution in [0.25, 0.3) is 0 Å². The number of fused-ring (bicyclic) bond motifs is 10. The van der Waals surface area contributed by atoms with Gasteiger partial charge in [0.25, 0.3) is 0 Å². The van der Waals surface area contributed by atoms with E-state index < -0.39 is 112 Å². The minimum Gasteiger partial charge on any atom is -0.459 e. The lowest BCUT2D eigenvalue weighted by molar-refractivity contribution is -0.305. The highest BCUT2D eigenvalue weighted by Gasteiger charge is 2.69. The first kappa shape index (κ1) is 108. The highest BCUT2D eigenvalue weighted by Crippen LogP contribution is 2.72. The van der Waals surface area contributed by atoms with Gasteiger partial charge in [-0.25, -0.2) is 4.79 Å². The van der Waals surface area contributed by atoms with Crippen molar-refractivity contribution in [3.63, 3.8) is 0 Å². The van der Waals surface area contributed by atoms with Crippen LogP contribution in [-0.2, 0) is 66.3 Å². The molecule has 0 spiro atoms. The van der Waals surface area contributed by atoms with E-state index in [0.29, 0.717) is 97.1 Å². The fourth-order valence-electron chi connectivity index (χ4n) is 26.8. The molecule has 128 heavy (non-hydrogen) atoms. The second-order valence-corrected chi connectivity index (χ2v) is 41.9. The van der Waals surface area contributed by atoms with Crippen LogP contribution in [0.3, 0.4) is 0 Å². The van der Waals surface area contributed by atoms with E-state index in [4.69, 9.17) is 66.3 Å². The highest BCUT2D eigenvalue weighted by molar-refractivity contribution is 7.99. The molecule has 4 aliphatic heterocycles. The van der Waals surface area contributed by atoms with Gasteiger partial charge in [-0.05, 0) is 207 Å². The molecule has 12 fully saturated rings. The predicted octanol–water partition coefficient (Wildman–Crippen LogP) is 7.21. The molecule has 0 amide bonds. The third-order valence-corrected chi connectivity index (χ3v) is 35.2. The Hall–Kier alpha value is -2.08. The van der Waals surface area contributed by atoms with E-state index in [1.54, 1.807) is 12.1 Å². The number of carbonyl (C=O) groups is 1. The second kappa shape index (κ2) is 49.5. The lowest BCUT2D eigenvalue weighted by Gasteiger charge is -2.64. The maximum atomic E-state index is 12.1. The molecule has 8 aliphatic carbocycles. The Morgan fingerprint density at radius 2 is 0.812 bits per heavy atom. The summed E-state index contributed by atoms with van der Waals surface area (Å²) >= 11 is 1.84. The van der Waals surface area contributed by atoms with Crippen LogP contribution < -0.4 is 0 Å². The maximum absolute atomic E-state index is 12.1. The monoisotopic (exact) mass is 1850 g/mol. The van der Waals surface area contributed by atoms with Crippen LogP contribution in [0.4, 0.5) is 0 Å². The number of thioether (sulfide) groups is 1. The molecule has 15 N–H and O–H groups in total. The van der Waals surface area contributed by atoms with Crippen molar-refractivity contribution >= 4 is 17.7 Å². The van der Waals surface area contributed by atoms with E-state index in [-0.39, 0.29) is 166 Å². The normalized spacial score (nSPS) is 44.8. The zero-order valence-electron chi connectivity index (χ0n) is 77.8. The van der Waals surface area contributed by atoms with Crippen molar-refractivity contribution in [2.24, 2.45) is 110 Å². The van der Waals surface area contributed by atoms with Gasteiger partial charge in [0.2, 0.25) is 0 Å². The SMILES string of the molecule is C.CCC[C@@H](C)[C@H]1CC[C@H]2[C@@H]3[C@H](OCCO)C[C@@H]4C[C@H](OCCO)CC[C@]4(C)[C@H]3C[C@H](OCCO)[C@]12C.CCC[C@@H](C)[C@H]1CC[C@H]2[C@@H]3[C@H](OCCO[C@@H]4OC(CO)[C@@H](O)C(O)[C@@H]4O)C[C@@H]4C[C@H](OCCO[C@@H]5OC(CO)[C@@H](O)C(O)[C@@H]5O)CC[C@]4(C)[C@H]3C[C@H](OCCO[C@@H]3OC(CO)[C@@H](O)C(O)[C@@H]3O)[C@]12C.CCS[C@@H]1OC(COC(=O)c2ccccc2)[C@@H](C)[C@H](C)C1C. The molecule has 12 aliphatic rings. The van der Waals surface area contributed by atoms with Gasteiger partial charge in [0, 0.05) is 10.8 Å². The molecule has 31 heteroatoms. The van der Waals surface area contributed by atoms with Crippen LogP contribution in [-0.4, -0.2) is 334 Å². The molecule has 0 bridgehead atoms. The van der Waals surface area contributed by atoms with Crippen LogP contribution in [0.2, 0.25) is 0 Å². The molecule has 1 aromatic rings. The number of hydrogen-bond acceptors (Lipinski definition) is 31. The largest absolute Gasteiger partial charge is 0.459 e. The molecule has 0 radical (unpaired) electrons. The van der Waals surface area contributed by atoms with Crippen molar-refractivity contribution in [2.45, 2.75) is 346 Å². The Labute approximate surface area is 765 Å². The topological polar surface area (TPSA) is 450 Å². The van der Waals surface area contributed by atoms with Crippen molar-refractivity contribution in [2.75, 3.05) is 111 Å². The van der Waals surface area contributed by atoms with Crippen molar-refractivity contribution in [1.82, 2.24) is 0 Å². The maximum Gasteiger partial charge on any atom is 0.338 e. The highest BCUT2D eigenvalue weighted by atomic mass is 32.2. The second-order valence-electron chi connectivity index (χ2n) is 40.5. The van der Waals surface area contributed by atoms with Crippen LogP contribution in [0.15, 0.2) is 30.3 Å². The number of esters is 1. The van der Waals surface area contributed by atoms with Gasteiger partial charge in [-0.15, -0.1) is 11.8 Å². The van der Waals surface area contributed by atoms with Crippen LogP contribution in [0.5, 0.6) is 0 Å². The number of benzene rings is 1. The Balaban J connectivity index is 0.000000238. The first-order valence-corrected chi connectivity index (χ1v) is 49.7. The van der Waals surface area contributed by atoms with E-state index in [1.807, 2.05) is 30.0 Å². The van der Waals surface area contributed by atoms with Gasteiger partial charge in [0.15, 0.2) is 18.9 Å². The number of aliphatic hydroxyl groups is 15. The van der Waals surface area contributed by atoms with Crippen LogP contribution in [0, 0.1) is 110 Å². The van der Waals surface area contributed by atoms with Crippen LogP contribution in [0.1, 0.15) is 216 Å². The van der Waals surface area contributed by atoms with E-state index in [1.165, 1.54) is 25.7 Å². The molecule has 8 unspecified atom stereocenters. The van der Waals surface area contributed by atoms with Gasteiger partial charge in [-0.1, -0.05) is 134 Å². The molecule has 4 heterocycles. The van der Waals surface area contributed by atoms with E-state index in [2.05, 4.69) is 83.1 Å². The number of ether oxygens (including phenoxy) is 14. The Morgan fingerprint density at radius 3 is 1.23 bits per heavy atom. The predicted molar refractivity (Wildman–Crippen MR) is 477 cm³/mol. The fourth-order valence-corrected chi connectivity index (χ4v) is 27.9. The van der Waals surface area contributed by atoms with Crippen LogP contribution >= 0.6 is 11.8 Å². The minimum absolute atomic E-state index is 0. The number of hydrogen-bond donors (Lipinski definition) is 15. The Morgan fingerprint density at radius 1 is 0.430 bits per heavy atom. The molecule has 42 atom stereocenters. The third-order valence-electron chi connectivity index (χ3n) is 34.0. The summed E-state index contributed by atoms with van der Waals surface area (Å²) in [4.78, 5) is 12.1. The van der Waals surface area contributed by atoms with Gasteiger partial charge in [0.05, 0.1) is 147 Å². The lowest BCUT2D eigenvalue weighted by Crippen LogP contribution is -2.63. The quantitative estimate of drug-likeness (QED) is 0.0230. The summed E-state index contributed by atoms with van der Waals surface area (Å²) in [5.74, 6) is 7.07. The number of carbonyl (C=O) groups excluding carboxylic acids is 1. The number of aliphatic hydroxyl groups excluding tert-OH is 15. The van der Waals surface area contributed by atoms with E-state index in [9.17, 15) is 81.4 Å². The third kappa shape index (κ3) is 23.7. The first-order chi connectivity index (χ1) is 60.8. The fraction of sp³-hybridized carbons (Fsp3) is 0.928. The van der Waals surface area contributed by atoms with Gasteiger partial charge in [0.1, 0.15) is 85.3 Å². The summed E-state index contributed by atoms with van der Waals surface area (Å²) in [6, 6.07) is 9.11. The average Bonchev–Trinajstić information content (AvgIpc) is 1.44. The van der Waals surface area contributed by atoms with E-state index in [0.717, 1.165) is 95.6 Å². The molecule has 742 valence electrons. The van der Waals surface area contributed by atoms with E-state index >= 15 is 0 Å². The molecular weight excluding hydrogens is 1680 g/mol. The smallest absolute Gasteiger partial charge is 0.338 e. The lowest BCUT2D eigenvalue weighted by atomic mass is 9.43. The van der Waals surface area contributed by atoms with Gasteiger partial charge in [-0.3, -0.25) is 0 Å². The summed E-state index contributed by atoms with van der Waals surface area (Å²) in [5, 5.41) is 151. The Kier molecular flexibility index (Phi) is 41.7. The molecule has 13 rings (SSSR count). The first-order valence-electron chi connectivity index (χ1n) is 48.6. The Bertz CT molecular complexity index is 3360. The van der Waals surface area contributed by atoms with Gasteiger partial charge in [-0.2, -0.15) is 0 Å². The molecule has 8 saturated carbocycles. The van der Waals surface area contributed by atoms with Gasteiger partial charge >= 0.3 is 5.97 Å². The summed E-state index contributed by atoms with van der Waals surface area (Å²) in [5.41, 5.74) is 0.711. The summed E-state index contributed by atoms with van der Waals surface area (Å²) in [7, 11) is 0. The van der Waals surface area contributed by atoms with Gasteiger partial charge < -0.3 is 143 Å². The zero-order valence-corrected chi connectivity index (χ0v) is 78.6. The standard InChI is InChI=1S/C48H84O21.C30H54O6.C18H26O3S.CH4/c1-5-6-23(2)26-7-8-27-34-28(19-33(48(26,27)4)63-13-16-66-46-43(60)40(57)37(54)32(22-51)69-46)47(3)10-9-25(61-11-14-64-44-41(58)38(55)35(52)30(20-49)67-44)17-24(47)18-29(34)62-12-15-65-45-42(59)39(56)36(53)31(21-50)68-45;1-5-6-20(2)23-7-8-24-28-25(19-27(30(23,24)4)36-16-13-33)29(3)10-9-22(34-14-11-31)17-21(29)18-26(28)35-15-12-32;1-5-22-18-14(4)12(2)13(3)16(21-18)11-20-17(19)15-9-7-6-8-10-15;/h23-46,49-60H,5-22H2,1-4H3;20-28,31-33H,5-19H2,1-4H3;6-10,12-14,16,18H,5,11H2,1-4H3;1H4/t23-,24+,25-,26-,27+,28+,29-,30?,31?,32?,33+,34+,35-,36-,37-,38?,39?,40?,41+,42+,43+,44-,45-,46-,47+,48-;20-,21+,22-,23-,24+,25+,26-,27+,28+,29+,30-;12-,13-,14?,16?,18-;/m110./s1. The molecular formula is C97H168O30S. The number of rotatable bonds is 38. The summed E-state index contributed by atoms with van der Waals surface area (Å²) in [6.07, 6.45) is -2.54. The van der Waals surface area contributed by atoms with Crippen molar-refractivity contribution in [3.05, 3.63) is 35.9 Å². The molecule has 4 saturated heterocycles. The minimum atomic E-state index is -1.57.